The van der Waals surface area contributed by atoms with Crippen molar-refractivity contribution in [2.24, 2.45) is 0 Å². The van der Waals surface area contributed by atoms with Crippen molar-refractivity contribution in [1.82, 2.24) is 9.55 Å². The van der Waals surface area contributed by atoms with Gasteiger partial charge in [-0.15, -0.1) is 0 Å². The lowest BCUT2D eigenvalue weighted by atomic mass is 9.96. The third-order valence-electron chi connectivity index (χ3n) is 6.19. The number of nitrogens with zero attached hydrogens (tertiary/aromatic N) is 3. The van der Waals surface area contributed by atoms with E-state index in [1.807, 2.05) is 38.1 Å². The first-order valence-corrected chi connectivity index (χ1v) is 11.6. The lowest BCUT2D eigenvalue weighted by molar-refractivity contribution is -0.126. The van der Waals surface area contributed by atoms with Crippen molar-refractivity contribution < 1.29 is 14.3 Å². The highest BCUT2D eigenvalue weighted by Gasteiger charge is 2.45. The molecule has 31 heavy (non-hydrogen) atoms. The van der Waals surface area contributed by atoms with Gasteiger partial charge in [0.1, 0.15) is 5.54 Å². The lowest BCUT2D eigenvalue weighted by Crippen LogP contribution is -2.60. The number of hydrogen-bond acceptors (Lipinski definition) is 5. The van der Waals surface area contributed by atoms with Crippen LogP contribution in [0.15, 0.2) is 29.4 Å². The molecule has 0 spiro atoms. The van der Waals surface area contributed by atoms with Crippen LogP contribution in [-0.4, -0.2) is 44.9 Å². The highest BCUT2D eigenvalue weighted by molar-refractivity contribution is 8.00. The summed E-state index contributed by atoms with van der Waals surface area (Å²) in [5.41, 5.74) is 2.45. The SMILES string of the molecule is Cc1nc(SC(C)C(=O)N2c3ccccc3NC(=O)C2(C)C)n(CC2CCCO2)c1C. The maximum atomic E-state index is 13.6. The molecule has 4 rings (SSSR count). The van der Waals surface area contributed by atoms with E-state index >= 15 is 0 Å². The van der Waals surface area contributed by atoms with E-state index in [0.717, 1.165) is 48.2 Å². The molecule has 166 valence electrons. The van der Waals surface area contributed by atoms with Crippen molar-refractivity contribution >= 4 is 35.0 Å². The second kappa shape index (κ2) is 8.31. The quantitative estimate of drug-likeness (QED) is 0.710. The number of rotatable bonds is 5. The van der Waals surface area contributed by atoms with Crippen LogP contribution in [0, 0.1) is 13.8 Å². The number of ether oxygens (including phenoxy) is 1. The van der Waals surface area contributed by atoms with Gasteiger partial charge < -0.3 is 14.6 Å². The Kier molecular flexibility index (Phi) is 5.87. The van der Waals surface area contributed by atoms with Crippen molar-refractivity contribution in [1.29, 1.82) is 0 Å². The van der Waals surface area contributed by atoms with Crippen LogP contribution in [0.2, 0.25) is 0 Å². The minimum Gasteiger partial charge on any atom is -0.376 e. The number of carbonyl (C=O) groups excluding carboxylic acids is 2. The predicted octanol–water partition coefficient (Wildman–Crippen LogP) is 3.92. The Bertz CT molecular complexity index is 1010. The number of imidazole rings is 1. The molecule has 0 aliphatic carbocycles. The van der Waals surface area contributed by atoms with E-state index in [-0.39, 0.29) is 17.9 Å². The van der Waals surface area contributed by atoms with Gasteiger partial charge in [-0.2, -0.15) is 0 Å². The van der Waals surface area contributed by atoms with Gasteiger partial charge in [-0.3, -0.25) is 14.5 Å². The van der Waals surface area contributed by atoms with Crippen LogP contribution in [-0.2, 0) is 20.9 Å². The topological polar surface area (TPSA) is 76.5 Å². The summed E-state index contributed by atoms with van der Waals surface area (Å²) in [5.74, 6) is -0.303. The highest BCUT2D eigenvalue weighted by atomic mass is 32.2. The van der Waals surface area contributed by atoms with Crippen LogP contribution in [0.3, 0.4) is 0 Å². The van der Waals surface area contributed by atoms with Gasteiger partial charge in [-0.25, -0.2) is 4.98 Å². The van der Waals surface area contributed by atoms with E-state index in [0.29, 0.717) is 5.69 Å². The normalized spacial score (nSPS) is 21.0. The molecule has 1 fully saturated rings. The first-order chi connectivity index (χ1) is 14.7. The summed E-state index contributed by atoms with van der Waals surface area (Å²) in [6.07, 6.45) is 2.32. The van der Waals surface area contributed by atoms with Crippen molar-refractivity contribution in [2.45, 2.75) is 76.1 Å². The third-order valence-corrected chi connectivity index (χ3v) is 7.27. The molecule has 8 heteroatoms. The molecule has 0 radical (unpaired) electrons. The number of aromatic nitrogens is 2. The number of aryl methyl sites for hydroxylation is 1. The highest BCUT2D eigenvalue weighted by Crippen LogP contribution is 2.39. The van der Waals surface area contributed by atoms with E-state index in [1.165, 1.54) is 11.8 Å². The minimum atomic E-state index is -0.987. The number of anilines is 2. The number of thioether (sulfide) groups is 1. The molecule has 2 aromatic rings. The fraction of sp³-hybridized carbons (Fsp3) is 0.522. The van der Waals surface area contributed by atoms with Crippen LogP contribution < -0.4 is 10.2 Å². The fourth-order valence-electron chi connectivity index (χ4n) is 4.16. The molecule has 2 amide bonds. The van der Waals surface area contributed by atoms with Gasteiger partial charge in [-0.1, -0.05) is 23.9 Å². The van der Waals surface area contributed by atoms with E-state index < -0.39 is 10.8 Å². The number of para-hydroxylation sites is 2. The van der Waals surface area contributed by atoms with Crippen molar-refractivity contribution in [3.63, 3.8) is 0 Å². The van der Waals surface area contributed by atoms with E-state index in [4.69, 9.17) is 9.72 Å². The van der Waals surface area contributed by atoms with Gasteiger partial charge in [0.25, 0.3) is 0 Å². The molecule has 0 bridgehead atoms. The average molecular weight is 443 g/mol. The maximum absolute atomic E-state index is 13.6. The zero-order chi connectivity index (χ0) is 22.3. The van der Waals surface area contributed by atoms with Gasteiger partial charge in [0.05, 0.1) is 35.0 Å². The average Bonchev–Trinajstić information content (AvgIpc) is 3.32. The molecule has 2 atom stereocenters. The van der Waals surface area contributed by atoms with E-state index in [1.54, 1.807) is 18.7 Å². The summed E-state index contributed by atoms with van der Waals surface area (Å²) in [6, 6.07) is 7.43. The van der Waals surface area contributed by atoms with Crippen LogP contribution in [0.25, 0.3) is 0 Å². The summed E-state index contributed by atoms with van der Waals surface area (Å²) in [4.78, 5) is 32.7. The number of benzene rings is 1. The molecule has 1 N–H and O–H groups in total. The van der Waals surface area contributed by atoms with Crippen LogP contribution in [0.4, 0.5) is 11.4 Å². The molecule has 3 heterocycles. The number of carbonyl (C=O) groups is 2. The molecular weight excluding hydrogens is 412 g/mol. The lowest BCUT2D eigenvalue weighted by Gasteiger charge is -2.43. The predicted molar refractivity (Wildman–Crippen MR) is 123 cm³/mol. The van der Waals surface area contributed by atoms with E-state index in [2.05, 4.69) is 16.8 Å². The third kappa shape index (κ3) is 3.99. The van der Waals surface area contributed by atoms with Crippen molar-refractivity contribution in [3.05, 3.63) is 35.7 Å². The molecule has 0 saturated carbocycles. The van der Waals surface area contributed by atoms with Gasteiger partial charge in [0, 0.05) is 12.3 Å². The van der Waals surface area contributed by atoms with Gasteiger partial charge in [0.15, 0.2) is 5.16 Å². The Morgan fingerprint density at radius 3 is 2.81 bits per heavy atom. The molecule has 1 aromatic carbocycles. The first kappa shape index (κ1) is 21.9. The minimum absolute atomic E-state index is 0.112. The molecule has 7 nitrogen and oxygen atoms in total. The Labute approximate surface area is 187 Å². The zero-order valence-corrected chi connectivity index (χ0v) is 19.6. The molecule has 2 unspecified atom stereocenters. The number of hydrogen-bond donors (Lipinski definition) is 1. The summed E-state index contributed by atoms with van der Waals surface area (Å²) >= 11 is 1.44. The molecule has 2 aliphatic rings. The maximum Gasteiger partial charge on any atom is 0.250 e. The number of fused-ring (bicyclic) bond motifs is 1. The standard InChI is InChI=1S/C23H30N4O3S/c1-14-15(2)26(13-17-9-8-12-30-17)22(24-14)31-16(3)20(28)27-19-11-7-6-10-18(19)25-21(29)23(27,4)5/h6-7,10-11,16-17H,8-9,12-13H2,1-5H3,(H,25,29). The first-order valence-electron chi connectivity index (χ1n) is 10.8. The Morgan fingerprint density at radius 1 is 1.35 bits per heavy atom. The van der Waals surface area contributed by atoms with Crippen molar-refractivity contribution in [3.8, 4) is 0 Å². The van der Waals surface area contributed by atoms with Gasteiger partial charge >= 0.3 is 0 Å². The Morgan fingerprint density at radius 2 is 2.10 bits per heavy atom. The van der Waals surface area contributed by atoms with Gasteiger partial charge in [-0.05, 0) is 59.6 Å². The monoisotopic (exact) mass is 442 g/mol. The largest absolute Gasteiger partial charge is 0.376 e. The number of amides is 2. The molecule has 2 aliphatic heterocycles. The Balaban J connectivity index is 1.61. The van der Waals surface area contributed by atoms with Gasteiger partial charge in [0.2, 0.25) is 11.8 Å². The number of nitrogens with one attached hydrogen (secondary N) is 1. The second-order valence-corrected chi connectivity index (χ2v) is 10.1. The van der Waals surface area contributed by atoms with Crippen LogP contribution in [0.1, 0.15) is 45.0 Å². The van der Waals surface area contributed by atoms with Crippen LogP contribution in [0.5, 0.6) is 0 Å². The summed E-state index contributed by atoms with van der Waals surface area (Å²) in [7, 11) is 0. The van der Waals surface area contributed by atoms with Crippen molar-refractivity contribution in [2.75, 3.05) is 16.8 Å². The molecular formula is C23H30N4O3S. The summed E-state index contributed by atoms with van der Waals surface area (Å²) < 4.78 is 7.99. The molecule has 1 saturated heterocycles. The van der Waals surface area contributed by atoms with E-state index in [9.17, 15) is 9.59 Å². The Hall–Kier alpha value is -2.32. The fourth-order valence-corrected chi connectivity index (χ4v) is 5.21. The summed E-state index contributed by atoms with van der Waals surface area (Å²) in [6.45, 7) is 11.0. The zero-order valence-electron chi connectivity index (χ0n) is 18.8. The van der Waals surface area contributed by atoms with Crippen LogP contribution >= 0.6 is 11.8 Å². The molecule has 1 aromatic heterocycles. The second-order valence-electron chi connectivity index (χ2n) is 8.77. The smallest absolute Gasteiger partial charge is 0.250 e. The summed E-state index contributed by atoms with van der Waals surface area (Å²) in [5, 5.41) is 3.32.